The molecule has 1 fully saturated rings. The zero-order valence-corrected chi connectivity index (χ0v) is 12.1. The Morgan fingerprint density at radius 2 is 2.00 bits per heavy atom. The van der Waals surface area contributed by atoms with Crippen LogP contribution in [-0.2, 0) is 6.18 Å². The van der Waals surface area contributed by atoms with Crippen LogP contribution >= 0.6 is 0 Å². The van der Waals surface area contributed by atoms with Crippen LogP contribution in [0.3, 0.4) is 0 Å². The van der Waals surface area contributed by atoms with Gasteiger partial charge in [-0.1, -0.05) is 6.42 Å². The Morgan fingerprint density at radius 3 is 2.48 bits per heavy atom. The van der Waals surface area contributed by atoms with Crippen molar-refractivity contribution in [1.29, 1.82) is 0 Å². The molecule has 1 unspecified atom stereocenters. The SMILES string of the molecule is CNc1ccc(C(=O)NC(C)C2CCC2)cc1C(F)(F)F. The van der Waals surface area contributed by atoms with Gasteiger partial charge in [-0.05, 0) is 43.9 Å². The first kappa shape index (κ1) is 15.7. The van der Waals surface area contributed by atoms with Crippen LogP contribution in [0, 0.1) is 5.92 Å². The summed E-state index contributed by atoms with van der Waals surface area (Å²) in [4.78, 5) is 12.1. The van der Waals surface area contributed by atoms with Crippen LogP contribution in [0.25, 0.3) is 0 Å². The summed E-state index contributed by atoms with van der Waals surface area (Å²) < 4.78 is 38.9. The van der Waals surface area contributed by atoms with Crippen molar-refractivity contribution in [3.05, 3.63) is 29.3 Å². The van der Waals surface area contributed by atoms with E-state index in [4.69, 9.17) is 0 Å². The number of anilines is 1. The van der Waals surface area contributed by atoms with Crippen molar-refractivity contribution < 1.29 is 18.0 Å². The maximum atomic E-state index is 13.0. The first-order valence-electron chi connectivity index (χ1n) is 7.02. The van der Waals surface area contributed by atoms with Gasteiger partial charge >= 0.3 is 6.18 Å². The summed E-state index contributed by atoms with van der Waals surface area (Å²) in [5.41, 5.74) is -0.826. The number of benzene rings is 1. The van der Waals surface area contributed by atoms with E-state index >= 15 is 0 Å². The molecule has 2 rings (SSSR count). The molecule has 1 aliphatic carbocycles. The molecule has 1 saturated carbocycles. The molecule has 21 heavy (non-hydrogen) atoms. The van der Waals surface area contributed by atoms with E-state index in [-0.39, 0.29) is 17.3 Å². The molecule has 1 aromatic rings. The number of nitrogens with one attached hydrogen (secondary N) is 2. The van der Waals surface area contributed by atoms with Crippen molar-refractivity contribution in [2.24, 2.45) is 5.92 Å². The van der Waals surface area contributed by atoms with Gasteiger partial charge in [-0.2, -0.15) is 13.2 Å². The molecule has 0 heterocycles. The Bertz CT molecular complexity index is 524. The molecule has 0 aromatic heterocycles. The summed E-state index contributed by atoms with van der Waals surface area (Å²) in [5, 5.41) is 5.28. The van der Waals surface area contributed by atoms with Gasteiger partial charge in [-0.15, -0.1) is 0 Å². The van der Waals surface area contributed by atoms with E-state index in [1.54, 1.807) is 0 Å². The minimum atomic E-state index is -4.49. The van der Waals surface area contributed by atoms with E-state index in [9.17, 15) is 18.0 Å². The number of alkyl halides is 3. The lowest BCUT2D eigenvalue weighted by atomic mass is 9.80. The van der Waals surface area contributed by atoms with Crippen LogP contribution in [0.5, 0.6) is 0 Å². The third kappa shape index (κ3) is 3.49. The standard InChI is InChI=1S/C15H19F3N2O/c1-9(10-4-3-5-10)20-14(21)11-6-7-13(19-2)12(8-11)15(16,17)18/h6-10,19H,3-5H2,1-2H3,(H,20,21). The van der Waals surface area contributed by atoms with E-state index in [0.717, 1.165) is 25.3 Å². The first-order chi connectivity index (χ1) is 9.82. The molecule has 1 aromatic carbocycles. The molecule has 1 atom stereocenters. The maximum absolute atomic E-state index is 13.0. The van der Waals surface area contributed by atoms with E-state index in [1.807, 2.05) is 6.92 Å². The minimum absolute atomic E-state index is 0.00966. The fraction of sp³-hybridized carbons (Fsp3) is 0.533. The number of carbonyl (C=O) groups is 1. The molecule has 3 nitrogen and oxygen atoms in total. The summed E-state index contributed by atoms with van der Waals surface area (Å²) >= 11 is 0. The highest BCUT2D eigenvalue weighted by molar-refractivity contribution is 5.95. The van der Waals surface area contributed by atoms with Crippen molar-refractivity contribution in [2.75, 3.05) is 12.4 Å². The van der Waals surface area contributed by atoms with E-state index < -0.39 is 17.6 Å². The average molecular weight is 300 g/mol. The van der Waals surface area contributed by atoms with Gasteiger partial charge < -0.3 is 10.6 Å². The summed E-state index contributed by atoms with van der Waals surface area (Å²) in [7, 11) is 1.42. The molecule has 0 spiro atoms. The van der Waals surface area contributed by atoms with E-state index in [0.29, 0.717) is 5.92 Å². The zero-order valence-electron chi connectivity index (χ0n) is 12.1. The minimum Gasteiger partial charge on any atom is -0.388 e. The maximum Gasteiger partial charge on any atom is 0.418 e. The van der Waals surface area contributed by atoms with Crippen LogP contribution < -0.4 is 10.6 Å². The summed E-state index contributed by atoms with van der Waals surface area (Å²) in [5.74, 6) is -0.0184. The molecule has 0 bridgehead atoms. The van der Waals surface area contributed by atoms with Gasteiger partial charge in [-0.3, -0.25) is 4.79 Å². The van der Waals surface area contributed by atoms with Gasteiger partial charge in [0.2, 0.25) is 0 Å². The number of amides is 1. The Hall–Kier alpha value is -1.72. The van der Waals surface area contributed by atoms with Crippen molar-refractivity contribution in [2.45, 2.75) is 38.4 Å². The summed E-state index contributed by atoms with van der Waals surface area (Å²) in [6.07, 6.45) is -1.21. The molecule has 0 saturated heterocycles. The predicted molar refractivity (Wildman–Crippen MR) is 75.3 cm³/mol. The molecule has 0 aliphatic heterocycles. The zero-order chi connectivity index (χ0) is 15.6. The molecule has 0 radical (unpaired) electrons. The van der Waals surface area contributed by atoms with Crippen LogP contribution in [0.1, 0.15) is 42.1 Å². The summed E-state index contributed by atoms with van der Waals surface area (Å²) in [6, 6.07) is 3.58. The van der Waals surface area contributed by atoms with Gasteiger partial charge in [0.15, 0.2) is 0 Å². The number of rotatable bonds is 4. The monoisotopic (exact) mass is 300 g/mol. The number of hydrogen-bond acceptors (Lipinski definition) is 2. The molecule has 116 valence electrons. The highest BCUT2D eigenvalue weighted by atomic mass is 19.4. The smallest absolute Gasteiger partial charge is 0.388 e. The highest BCUT2D eigenvalue weighted by Crippen LogP contribution is 2.35. The lowest BCUT2D eigenvalue weighted by Crippen LogP contribution is -2.40. The molecule has 1 aliphatic rings. The van der Waals surface area contributed by atoms with Crippen molar-refractivity contribution in [3.8, 4) is 0 Å². The summed E-state index contributed by atoms with van der Waals surface area (Å²) in [6.45, 7) is 1.90. The normalized spacial score (nSPS) is 17.0. The molecular weight excluding hydrogens is 281 g/mol. The number of halogens is 3. The number of hydrogen-bond donors (Lipinski definition) is 2. The molecular formula is C15H19F3N2O. The highest BCUT2D eigenvalue weighted by Gasteiger charge is 2.34. The quantitative estimate of drug-likeness (QED) is 0.891. The second-order valence-corrected chi connectivity index (χ2v) is 5.46. The van der Waals surface area contributed by atoms with Crippen molar-refractivity contribution in [1.82, 2.24) is 5.32 Å². The van der Waals surface area contributed by atoms with Gasteiger partial charge in [0, 0.05) is 24.3 Å². The fourth-order valence-electron chi connectivity index (χ4n) is 2.49. The Morgan fingerprint density at radius 1 is 1.33 bits per heavy atom. The van der Waals surface area contributed by atoms with Gasteiger partial charge in [0.1, 0.15) is 0 Å². The van der Waals surface area contributed by atoms with Crippen molar-refractivity contribution >= 4 is 11.6 Å². The average Bonchev–Trinajstić information content (AvgIpc) is 2.34. The lowest BCUT2D eigenvalue weighted by molar-refractivity contribution is -0.136. The Kier molecular flexibility index (Phi) is 4.44. The third-order valence-electron chi connectivity index (χ3n) is 4.07. The van der Waals surface area contributed by atoms with Crippen LogP contribution in [0.4, 0.5) is 18.9 Å². The van der Waals surface area contributed by atoms with Gasteiger partial charge in [0.25, 0.3) is 5.91 Å². The first-order valence-corrected chi connectivity index (χ1v) is 7.02. The van der Waals surface area contributed by atoms with Gasteiger partial charge in [-0.25, -0.2) is 0 Å². The fourth-order valence-corrected chi connectivity index (χ4v) is 2.49. The van der Waals surface area contributed by atoms with Gasteiger partial charge in [0.05, 0.1) is 5.56 Å². The molecule has 2 N–H and O–H groups in total. The molecule has 1 amide bonds. The predicted octanol–water partition coefficient (Wildman–Crippen LogP) is 3.67. The van der Waals surface area contributed by atoms with Crippen LogP contribution in [-0.4, -0.2) is 19.0 Å². The van der Waals surface area contributed by atoms with E-state index in [2.05, 4.69) is 10.6 Å². The second-order valence-electron chi connectivity index (χ2n) is 5.46. The number of carbonyl (C=O) groups excluding carboxylic acids is 1. The molecule has 6 heteroatoms. The van der Waals surface area contributed by atoms with Crippen molar-refractivity contribution in [3.63, 3.8) is 0 Å². The third-order valence-corrected chi connectivity index (χ3v) is 4.07. The second kappa shape index (κ2) is 5.95. The lowest BCUT2D eigenvalue weighted by Gasteiger charge is -2.31. The van der Waals surface area contributed by atoms with Crippen LogP contribution in [0.2, 0.25) is 0 Å². The van der Waals surface area contributed by atoms with Crippen LogP contribution in [0.15, 0.2) is 18.2 Å². The Balaban J connectivity index is 2.17. The largest absolute Gasteiger partial charge is 0.418 e. The topological polar surface area (TPSA) is 41.1 Å². The van der Waals surface area contributed by atoms with E-state index in [1.165, 1.54) is 19.2 Å². The Labute approximate surface area is 121 Å².